The van der Waals surface area contributed by atoms with E-state index in [2.05, 4.69) is 5.32 Å². The van der Waals surface area contributed by atoms with Crippen LogP contribution in [-0.4, -0.2) is 41.7 Å². The number of carboxylic acid groups (broad SMARTS) is 1. The first kappa shape index (κ1) is 15.7. The Morgan fingerprint density at radius 3 is 2.50 bits per heavy atom. The summed E-state index contributed by atoms with van der Waals surface area (Å²) in [5, 5.41) is 11.5. The lowest BCUT2D eigenvalue weighted by molar-refractivity contribution is -0.146. The van der Waals surface area contributed by atoms with Crippen molar-refractivity contribution in [2.75, 3.05) is 19.5 Å². The summed E-state index contributed by atoms with van der Waals surface area (Å²) in [5.74, 6) is -1.49. The van der Waals surface area contributed by atoms with Gasteiger partial charge in [-0.25, -0.2) is 14.0 Å². The highest BCUT2D eigenvalue weighted by Crippen LogP contribution is 2.26. The van der Waals surface area contributed by atoms with Crippen LogP contribution in [0, 0.1) is 5.82 Å². The van der Waals surface area contributed by atoms with Gasteiger partial charge in [0.2, 0.25) is 0 Å². The minimum atomic E-state index is -1.38. The van der Waals surface area contributed by atoms with Crippen LogP contribution in [-0.2, 0) is 4.79 Å². The third-order valence-electron chi connectivity index (χ3n) is 3.07. The van der Waals surface area contributed by atoms with Crippen molar-refractivity contribution in [2.45, 2.75) is 19.4 Å². The predicted molar refractivity (Wildman–Crippen MR) is 71.4 cm³/mol. The van der Waals surface area contributed by atoms with Gasteiger partial charge in [0.25, 0.3) is 0 Å². The fourth-order valence-corrected chi connectivity index (χ4v) is 1.36. The van der Waals surface area contributed by atoms with E-state index in [-0.39, 0.29) is 11.4 Å². The first-order chi connectivity index (χ1) is 9.20. The number of hydrogen-bond donors (Lipinski definition) is 2. The third-order valence-corrected chi connectivity index (χ3v) is 3.07. The highest BCUT2D eigenvalue weighted by atomic mass is 19.1. The Balaban J connectivity index is 2.94. The number of amides is 2. The van der Waals surface area contributed by atoms with Crippen LogP contribution in [0.25, 0.3) is 0 Å². The van der Waals surface area contributed by atoms with Gasteiger partial charge < -0.3 is 20.1 Å². The molecule has 0 atom stereocenters. The van der Waals surface area contributed by atoms with Crippen molar-refractivity contribution in [3.63, 3.8) is 0 Å². The Kier molecular flexibility index (Phi) is 4.54. The van der Waals surface area contributed by atoms with Crippen LogP contribution in [0.15, 0.2) is 18.2 Å². The van der Waals surface area contributed by atoms with Gasteiger partial charge in [-0.3, -0.25) is 0 Å². The maximum absolute atomic E-state index is 13.0. The van der Waals surface area contributed by atoms with Crippen LogP contribution in [0.4, 0.5) is 14.9 Å². The summed E-state index contributed by atoms with van der Waals surface area (Å²) in [4.78, 5) is 24.1. The summed E-state index contributed by atoms with van der Waals surface area (Å²) in [7, 11) is 2.70. The van der Waals surface area contributed by atoms with E-state index in [4.69, 9.17) is 9.84 Å². The Bertz CT molecular complexity index is 531. The lowest BCUT2D eigenvalue weighted by Gasteiger charge is -2.31. The van der Waals surface area contributed by atoms with Crippen LogP contribution < -0.4 is 10.1 Å². The Morgan fingerprint density at radius 1 is 1.40 bits per heavy atom. The molecule has 0 saturated carbocycles. The van der Waals surface area contributed by atoms with E-state index >= 15 is 0 Å². The number of halogens is 1. The largest absolute Gasteiger partial charge is 0.494 e. The number of urea groups is 1. The molecule has 2 amide bonds. The minimum absolute atomic E-state index is 0.153. The molecule has 1 rings (SSSR count). The predicted octanol–water partition coefficient (Wildman–Crippen LogP) is 2.16. The van der Waals surface area contributed by atoms with Gasteiger partial charge in [-0.15, -0.1) is 0 Å². The van der Waals surface area contributed by atoms with E-state index < -0.39 is 23.4 Å². The number of anilines is 1. The van der Waals surface area contributed by atoms with E-state index in [9.17, 15) is 14.0 Å². The molecule has 0 heterocycles. The van der Waals surface area contributed by atoms with Crippen molar-refractivity contribution >= 4 is 17.7 Å². The summed E-state index contributed by atoms with van der Waals surface area (Å²) >= 11 is 0. The zero-order chi connectivity index (χ0) is 15.5. The number of nitrogens with one attached hydrogen (secondary N) is 1. The van der Waals surface area contributed by atoms with Gasteiger partial charge in [-0.1, -0.05) is 0 Å². The van der Waals surface area contributed by atoms with E-state index in [0.29, 0.717) is 0 Å². The van der Waals surface area contributed by atoms with Crippen molar-refractivity contribution < 1.29 is 23.8 Å². The summed E-state index contributed by atoms with van der Waals surface area (Å²) in [5.41, 5.74) is -1.12. The number of ether oxygens (including phenoxy) is 1. The van der Waals surface area contributed by atoms with Gasteiger partial charge in [0.1, 0.15) is 17.1 Å². The highest BCUT2D eigenvalue weighted by Gasteiger charge is 2.35. The molecule has 0 spiro atoms. The molecular formula is C13H17FN2O4. The number of methoxy groups -OCH3 is 1. The van der Waals surface area contributed by atoms with E-state index in [1.807, 2.05) is 0 Å². The van der Waals surface area contributed by atoms with Gasteiger partial charge in [0.05, 0.1) is 12.8 Å². The average molecular weight is 284 g/mol. The molecule has 1 aromatic rings. The lowest BCUT2D eigenvalue weighted by atomic mass is 10.1. The van der Waals surface area contributed by atoms with Crippen molar-refractivity contribution in [1.29, 1.82) is 0 Å². The lowest BCUT2D eigenvalue weighted by Crippen LogP contribution is -2.52. The Hall–Kier alpha value is -2.31. The van der Waals surface area contributed by atoms with Crippen LogP contribution in [0.5, 0.6) is 5.75 Å². The second-order valence-electron chi connectivity index (χ2n) is 4.70. The molecule has 0 fully saturated rings. The molecule has 1 aromatic carbocycles. The second kappa shape index (κ2) is 5.77. The molecule has 6 nitrogen and oxygen atoms in total. The van der Waals surface area contributed by atoms with Gasteiger partial charge in [-0.05, 0) is 26.0 Å². The molecular weight excluding hydrogens is 267 g/mol. The molecule has 0 saturated heterocycles. The summed E-state index contributed by atoms with van der Waals surface area (Å²) < 4.78 is 18.0. The molecule has 2 N–H and O–H groups in total. The number of aliphatic carboxylic acids is 1. The van der Waals surface area contributed by atoms with Crippen molar-refractivity contribution in [2.24, 2.45) is 0 Å². The van der Waals surface area contributed by atoms with Crippen LogP contribution in [0.2, 0.25) is 0 Å². The number of carbonyl (C=O) groups is 2. The Morgan fingerprint density at radius 2 is 2.00 bits per heavy atom. The molecule has 0 radical (unpaired) electrons. The quantitative estimate of drug-likeness (QED) is 0.888. The minimum Gasteiger partial charge on any atom is -0.494 e. The molecule has 7 heteroatoms. The highest BCUT2D eigenvalue weighted by molar-refractivity contribution is 5.94. The monoisotopic (exact) mass is 284 g/mol. The number of benzene rings is 1. The van der Waals surface area contributed by atoms with E-state index in [1.54, 1.807) is 0 Å². The summed E-state index contributed by atoms with van der Waals surface area (Å²) in [6.07, 6.45) is 0. The molecule has 20 heavy (non-hydrogen) atoms. The van der Waals surface area contributed by atoms with E-state index in [1.165, 1.54) is 40.1 Å². The molecule has 0 unspecified atom stereocenters. The second-order valence-corrected chi connectivity index (χ2v) is 4.70. The zero-order valence-electron chi connectivity index (χ0n) is 11.7. The van der Waals surface area contributed by atoms with Crippen molar-refractivity contribution in [3.05, 3.63) is 24.0 Å². The molecule has 0 aliphatic heterocycles. The first-order valence-electron chi connectivity index (χ1n) is 5.82. The maximum atomic E-state index is 13.0. The molecule has 0 aliphatic rings. The number of nitrogens with zero attached hydrogens (tertiary/aromatic N) is 1. The standard InChI is InChI=1S/C13H17FN2O4/c1-13(2,11(17)18)16(3)12(19)15-9-6-5-8(14)7-10(9)20-4/h5-7H,1-4H3,(H,15,19)(H,17,18). The smallest absolute Gasteiger partial charge is 0.329 e. The molecule has 0 aliphatic carbocycles. The van der Waals surface area contributed by atoms with Crippen LogP contribution >= 0.6 is 0 Å². The topological polar surface area (TPSA) is 78.9 Å². The SMILES string of the molecule is COc1cc(F)ccc1NC(=O)N(C)C(C)(C)C(=O)O. The average Bonchev–Trinajstić information content (AvgIpc) is 2.39. The molecule has 0 bridgehead atoms. The fraction of sp³-hybridized carbons (Fsp3) is 0.385. The fourth-order valence-electron chi connectivity index (χ4n) is 1.36. The van der Waals surface area contributed by atoms with Crippen molar-refractivity contribution in [3.8, 4) is 5.75 Å². The van der Waals surface area contributed by atoms with Crippen molar-refractivity contribution in [1.82, 2.24) is 4.90 Å². The Labute approximate surface area is 116 Å². The normalized spacial score (nSPS) is 10.8. The van der Waals surface area contributed by atoms with Crippen LogP contribution in [0.3, 0.4) is 0 Å². The number of hydrogen-bond acceptors (Lipinski definition) is 3. The number of rotatable bonds is 4. The van der Waals surface area contributed by atoms with Crippen LogP contribution in [0.1, 0.15) is 13.8 Å². The van der Waals surface area contributed by atoms with Gasteiger partial charge >= 0.3 is 12.0 Å². The first-order valence-corrected chi connectivity index (χ1v) is 5.82. The summed E-state index contributed by atoms with van der Waals surface area (Å²) in [6.45, 7) is 2.80. The van der Waals surface area contributed by atoms with Gasteiger partial charge in [0, 0.05) is 13.1 Å². The van der Waals surface area contributed by atoms with E-state index in [0.717, 1.165) is 11.0 Å². The third kappa shape index (κ3) is 3.17. The number of carboxylic acids is 1. The number of likely N-dealkylation sites (N-methyl/N-ethyl adjacent to an activating group) is 1. The van der Waals surface area contributed by atoms with Gasteiger partial charge in [0.15, 0.2) is 0 Å². The zero-order valence-corrected chi connectivity index (χ0v) is 11.7. The molecule has 110 valence electrons. The van der Waals surface area contributed by atoms with Gasteiger partial charge in [-0.2, -0.15) is 0 Å². The molecule has 0 aromatic heterocycles. The summed E-state index contributed by atoms with van der Waals surface area (Å²) in [6, 6.07) is 2.99. The maximum Gasteiger partial charge on any atom is 0.329 e. The number of carbonyl (C=O) groups excluding carboxylic acids is 1.